The zero-order valence-electron chi connectivity index (χ0n) is 33.7. The van der Waals surface area contributed by atoms with Gasteiger partial charge in [0.1, 0.15) is 12.1 Å². The Balaban J connectivity index is 4.18. The number of aliphatic carboxylic acids is 1. The van der Waals surface area contributed by atoms with Crippen LogP contribution in [0.5, 0.6) is 0 Å². The molecule has 52 heavy (non-hydrogen) atoms. The molecule has 0 heterocycles. The number of nitrogens with two attached hydrogens (primary N) is 1. The van der Waals surface area contributed by atoms with Crippen LogP contribution < -0.4 is 5.73 Å². The Morgan fingerprint density at radius 2 is 0.885 bits per heavy atom. The summed E-state index contributed by atoms with van der Waals surface area (Å²) in [5.74, 6) is -1.77. The minimum atomic E-state index is -4.60. The molecular formula is C41H82NO9P. The van der Waals surface area contributed by atoms with Gasteiger partial charge >= 0.3 is 19.8 Å². The standard InChI is InChI=1S/C41H82NO9P/c1-3-5-7-9-11-13-15-17-18-19-20-21-23-25-27-29-31-33-40(43)51-38(36-49-52(46,47)50-37-39(42)41(44)45)35-48-34-32-30-28-26-24-22-16-14-12-10-8-6-4-2/h38-39H,3-37,42H2,1-2H3,(H,44,45)(H,46,47). The van der Waals surface area contributed by atoms with Gasteiger partial charge in [0.25, 0.3) is 0 Å². The molecule has 0 aliphatic carbocycles. The third-order valence-electron chi connectivity index (χ3n) is 9.64. The van der Waals surface area contributed by atoms with Gasteiger partial charge in [0.15, 0.2) is 0 Å². The zero-order chi connectivity index (χ0) is 38.4. The van der Waals surface area contributed by atoms with Gasteiger partial charge in [-0.3, -0.25) is 18.6 Å². The molecule has 0 aromatic carbocycles. The lowest BCUT2D eigenvalue weighted by Gasteiger charge is -2.20. The molecule has 4 N–H and O–H groups in total. The largest absolute Gasteiger partial charge is 0.480 e. The van der Waals surface area contributed by atoms with Gasteiger partial charge in [-0.1, -0.05) is 194 Å². The number of hydrogen-bond donors (Lipinski definition) is 3. The minimum absolute atomic E-state index is 0.0255. The molecule has 0 saturated carbocycles. The number of carboxylic acid groups (broad SMARTS) is 1. The average molecular weight is 764 g/mol. The number of rotatable bonds is 42. The molecule has 0 bridgehead atoms. The highest BCUT2D eigenvalue weighted by Gasteiger charge is 2.27. The highest BCUT2D eigenvalue weighted by atomic mass is 31.2. The smallest absolute Gasteiger partial charge is 0.472 e. The van der Waals surface area contributed by atoms with E-state index < -0.39 is 45.1 Å². The lowest BCUT2D eigenvalue weighted by Crippen LogP contribution is -2.34. The molecule has 0 fully saturated rings. The molecule has 3 unspecified atom stereocenters. The lowest BCUT2D eigenvalue weighted by molar-refractivity contribution is -0.154. The number of carbonyl (C=O) groups is 2. The first kappa shape index (κ1) is 51.0. The Labute approximate surface area is 319 Å². The fraction of sp³-hybridized carbons (Fsp3) is 0.951. The van der Waals surface area contributed by atoms with Gasteiger partial charge in [0, 0.05) is 13.0 Å². The van der Waals surface area contributed by atoms with Crippen LogP contribution in [0.2, 0.25) is 0 Å². The van der Waals surface area contributed by atoms with Crippen LogP contribution in [0.1, 0.15) is 213 Å². The second-order valence-electron chi connectivity index (χ2n) is 14.8. The fourth-order valence-electron chi connectivity index (χ4n) is 6.25. The third kappa shape index (κ3) is 37.3. The number of hydrogen-bond acceptors (Lipinski definition) is 8. The SMILES string of the molecule is CCCCCCCCCCCCCCCCCCCC(=O)OC(COCCCCCCCCCCCCCCC)COP(=O)(O)OCC(N)C(=O)O. The van der Waals surface area contributed by atoms with Gasteiger partial charge in [-0.25, -0.2) is 4.57 Å². The Morgan fingerprint density at radius 1 is 0.538 bits per heavy atom. The second kappa shape index (κ2) is 38.3. The van der Waals surface area contributed by atoms with Crippen molar-refractivity contribution in [3.8, 4) is 0 Å². The lowest BCUT2D eigenvalue weighted by atomic mass is 10.0. The van der Waals surface area contributed by atoms with Gasteiger partial charge in [-0.05, 0) is 12.8 Å². The van der Waals surface area contributed by atoms with Crippen LogP contribution >= 0.6 is 7.82 Å². The molecule has 0 rings (SSSR count). The summed E-state index contributed by atoms with van der Waals surface area (Å²) in [4.78, 5) is 33.5. The van der Waals surface area contributed by atoms with E-state index in [2.05, 4.69) is 13.8 Å². The number of carboxylic acids is 1. The van der Waals surface area contributed by atoms with Crippen LogP contribution in [0, 0.1) is 0 Å². The van der Waals surface area contributed by atoms with E-state index in [-0.39, 0.29) is 13.0 Å². The number of esters is 1. The molecule has 0 saturated heterocycles. The maximum atomic E-state index is 12.6. The Hall–Kier alpha value is -1.03. The molecule has 3 atom stereocenters. The van der Waals surface area contributed by atoms with Gasteiger partial charge < -0.3 is 25.2 Å². The second-order valence-corrected chi connectivity index (χ2v) is 16.3. The fourth-order valence-corrected chi connectivity index (χ4v) is 7.03. The van der Waals surface area contributed by atoms with E-state index in [1.165, 1.54) is 154 Å². The molecule has 0 spiro atoms. The predicted octanol–water partition coefficient (Wildman–Crippen LogP) is 11.6. The molecule has 0 aliphatic rings. The first-order valence-corrected chi connectivity index (χ1v) is 23.1. The zero-order valence-corrected chi connectivity index (χ0v) is 34.6. The van der Waals surface area contributed by atoms with Crippen molar-refractivity contribution < 1.29 is 42.7 Å². The number of ether oxygens (including phenoxy) is 2. The van der Waals surface area contributed by atoms with E-state index in [0.717, 1.165) is 38.5 Å². The molecule has 310 valence electrons. The van der Waals surface area contributed by atoms with Crippen molar-refractivity contribution in [3.05, 3.63) is 0 Å². The molecule has 0 aromatic rings. The minimum Gasteiger partial charge on any atom is -0.480 e. The van der Waals surface area contributed by atoms with E-state index in [1.807, 2.05) is 0 Å². The first-order chi connectivity index (χ1) is 25.2. The Kier molecular flexibility index (Phi) is 37.5. The van der Waals surface area contributed by atoms with Crippen LogP contribution in [-0.2, 0) is 32.7 Å². The summed E-state index contributed by atoms with van der Waals surface area (Å²) in [6, 6.07) is -1.47. The molecule has 11 heteroatoms. The van der Waals surface area contributed by atoms with E-state index in [1.54, 1.807) is 0 Å². The summed E-state index contributed by atoms with van der Waals surface area (Å²) >= 11 is 0. The molecular weight excluding hydrogens is 681 g/mol. The van der Waals surface area contributed by atoms with Gasteiger partial charge in [0.05, 0.1) is 19.8 Å². The van der Waals surface area contributed by atoms with Crippen molar-refractivity contribution in [2.75, 3.05) is 26.4 Å². The van der Waals surface area contributed by atoms with Crippen molar-refractivity contribution in [2.24, 2.45) is 5.73 Å². The number of phosphoric acid groups is 1. The van der Waals surface area contributed by atoms with Gasteiger partial charge in [-0.2, -0.15) is 0 Å². The summed E-state index contributed by atoms with van der Waals surface area (Å²) in [5.41, 5.74) is 5.35. The van der Waals surface area contributed by atoms with E-state index in [0.29, 0.717) is 6.61 Å². The van der Waals surface area contributed by atoms with Crippen LogP contribution in [-0.4, -0.2) is 60.5 Å². The Bertz CT molecular complexity index is 847. The predicted molar refractivity (Wildman–Crippen MR) is 213 cm³/mol. The quantitative estimate of drug-likeness (QED) is 0.0311. The van der Waals surface area contributed by atoms with Gasteiger partial charge in [0.2, 0.25) is 0 Å². The summed E-state index contributed by atoms with van der Waals surface area (Å²) < 4.78 is 33.3. The van der Waals surface area contributed by atoms with E-state index in [9.17, 15) is 19.0 Å². The van der Waals surface area contributed by atoms with Crippen molar-refractivity contribution in [1.82, 2.24) is 0 Å². The summed E-state index contributed by atoms with van der Waals surface area (Å²) in [6.45, 7) is 3.92. The summed E-state index contributed by atoms with van der Waals surface area (Å²) in [6.07, 6.45) is 37.2. The highest BCUT2D eigenvalue weighted by Crippen LogP contribution is 2.43. The van der Waals surface area contributed by atoms with E-state index in [4.69, 9.17) is 29.4 Å². The van der Waals surface area contributed by atoms with E-state index >= 15 is 0 Å². The average Bonchev–Trinajstić information content (AvgIpc) is 3.12. The van der Waals surface area contributed by atoms with Gasteiger partial charge in [-0.15, -0.1) is 0 Å². The monoisotopic (exact) mass is 764 g/mol. The maximum Gasteiger partial charge on any atom is 0.472 e. The molecule has 10 nitrogen and oxygen atoms in total. The van der Waals surface area contributed by atoms with Crippen molar-refractivity contribution in [2.45, 2.75) is 225 Å². The van der Waals surface area contributed by atoms with Crippen molar-refractivity contribution in [3.63, 3.8) is 0 Å². The van der Waals surface area contributed by atoms with Crippen molar-refractivity contribution in [1.29, 1.82) is 0 Å². The summed E-state index contributed by atoms with van der Waals surface area (Å²) in [5, 5.41) is 8.88. The maximum absolute atomic E-state index is 12.6. The van der Waals surface area contributed by atoms with Crippen molar-refractivity contribution >= 4 is 19.8 Å². The molecule has 0 radical (unpaired) electrons. The first-order valence-electron chi connectivity index (χ1n) is 21.6. The van der Waals surface area contributed by atoms with Crippen LogP contribution in [0.15, 0.2) is 0 Å². The normalized spacial score (nSPS) is 13.9. The number of phosphoric ester groups is 1. The van der Waals surface area contributed by atoms with Crippen LogP contribution in [0.3, 0.4) is 0 Å². The summed E-state index contributed by atoms with van der Waals surface area (Å²) in [7, 11) is -4.60. The molecule has 0 aliphatic heterocycles. The Morgan fingerprint density at radius 3 is 1.27 bits per heavy atom. The molecule has 0 amide bonds. The van der Waals surface area contributed by atoms with Crippen LogP contribution in [0.4, 0.5) is 0 Å². The topological polar surface area (TPSA) is 155 Å². The van der Waals surface area contributed by atoms with Crippen LogP contribution in [0.25, 0.3) is 0 Å². The number of unbranched alkanes of at least 4 members (excludes halogenated alkanes) is 28. The third-order valence-corrected chi connectivity index (χ3v) is 10.6. The molecule has 0 aromatic heterocycles. The highest BCUT2D eigenvalue weighted by molar-refractivity contribution is 7.47. The number of carbonyl (C=O) groups excluding carboxylic acids is 1.